The molecule has 0 unspecified atom stereocenters. The van der Waals surface area contributed by atoms with Gasteiger partial charge in [-0.2, -0.15) is 0 Å². The lowest BCUT2D eigenvalue weighted by Gasteiger charge is -2.35. The van der Waals surface area contributed by atoms with Crippen LogP contribution in [0.1, 0.15) is 78.1 Å². The molecule has 0 aromatic rings. The van der Waals surface area contributed by atoms with Gasteiger partial charge in [-0.05, 0) is 31.6 Å². The van der Waals surface area contributed by atoms with Gasteiger partial charge in [-0.25, -0.2) is 0 Å². The van der Waals surface area contributed by atoms with Gasteiger partial charge < -0.3 is 28.4 Å². The zero-order valence-electron chi connectivity index (χ0n) is 17.4. The molecule has 6 nitrogen and oxygen atoms in total. The van der Waals surface area contributed by atoms with Crippen LogP contribution in [0, 0.1) is 5.92 Å². The molecule has 3 heterocycles. The summed E-state index contributed by atoms with van der Waals surface area (Å²) in [6.45, 7) is 5.59. The monoisotopic (exact) mass is 396 g/mol. The Labute approximate surface area is 168 Å². The third-order valence-corrected chi connectivity index (χ3v) is 6.98. The summed E-state index contributed by atoms with van der Waals surface area (Å²) in [5.41, 5.74) is 0. The van der Waals surface area contributed by atoms with E-state index in [2.05, 4.69) is 13.8 Å². The van der Waals surface area contributed by atoms with E-state index in [1.165, 1.54) is 25.7 Å². The van der Waals surface area contributed by atoms with Crippen LogP contribution in [0.3, 0.4) is 0 Å². The number of fused-ring (bicyclic) bond motifs is 1. The van der Waals surface area contributed by atoms with Crippen molar-refractivity contribution in [3.05, 3.63) is 0 Å². The van der Waals surface area contributed by atoms with Gasteiger partial charge in [0.15, 0.2) is 17.9 Å². The van der Waals surface area contributed by atoms with Crippen molar-refractivity contribution in [2.75, 3.05) is 13.2 Å². The first kappa shape index (κ1) is 19.7. The highest BCUT2D eigenvalue weighted by Gasteiger charge is 2.61. The maximum absolute atomic E-state index is 6.52. The molecule has 5 rings (SSSR count). The molecule has 28 heavy (non-hydrogen) atoms. The van der Waals surface area contributed by atoms with Gasteiger partial charge in [0.1, 0.15) is 24.4 Å². The van der Waals surface area contributed by atoms with E-state index in [-0.39, 0.29) is 30.7 Å². The molecule has 2 aliphatic carbocycles. The SMILES string of the molecule is CC(C)CO[C@@H]1[C@H]2OC3(CCCCC3)O[C@H]2O[C@@H]1[C@H]1COC2(CCCCC2)O1. The molecule has 5 aliphatic rings. The van der Waals surface area contributed by atoms with Gasteiger partial charge in [0.2, 0.25) is 0 Å². The second kappa shape index (κ2) is 7.78. The summed E-state index contributed by atoms with van der Waals surface area (Å²) in [7, 11) is 0. The van der Waals surface area contributed by atoms with Crippen LogP contribution < -0.4 is 0 Å². The normalized spacial score (nSPS) is 41.9. The maximum Gasteiger partial charge on any atom is 0.190 e. The first-order chi connectivity index (χ1) is 13.6. The number of hydrogen-bond acceptors (Lipinski definition) is 6. The molecule has 0 radical (unpaired) electrons. The molecule has 0 N–H and O–H groups in total. The van der Waals surface area contributed by atoms with Crippen LogP contribution in [0.15, 0.2) is 0 Å². The van der Waals surface area contributed by atoms with Gasteiger partial charge in [-0.3, -0.25) is 0 Å². The van der Waals surface area contributed by atoms with E-state index < -0.39 is 11.6 Å². The van der Waals surface area contributed by atoms with Crippen LogP contribution in [-0.4, -0.2) is 55.5 Å². The predicted octanol–water partition coefficient (Wildman–Crippen LogP) is 3.90. The summed E-state index contributed by atoms with van der Waals surface area (Å²) in [5, 5.41) is 0. The Balaban J connectivity index is 1.30. The number of hydrogen-bond donors (Lipinski definition) is 0. The Morgan fingerprint density at radius 2 is 1.50 bits per heavy atom. The van der Waals surface area contributed by atoms with Crippen molar-refractivity contribution in [2.45, 2.75) is 120 Å². The van der Waals surface area contributed by atoms with Crippen LogP contribution in [-0.2, 0) is 28.4 Å². The van der Waals surface area contributed by atoms with Gasteiger partial charge in [-0.15, -0.1) is 0 Å². The molecular formula is C22H36O6. The molecule has 2 saturated carbocycles. The molecule has 0 bridgehead atoms. The zero-order valence-corrected chi connectivity index (χ0v) is 17.4. The van der Waals surface area contributed by atoms with Crippen molar-refractivity contribution in [2.24, 2.45) is 5.92 Å². The highest BCUT2D eigenvalue weighted by molar-refractivity contribution is 5.01. The number of ether oxygens (including phenoxy) is 6. The minimum atomic E-state index is -0.463. The van der Waals surface area contributed by atoms with Crippen molar-refractivity contribution < 1.29 is 28.4 Å². The fourth-order valence-corrected chi connectivity index (χ4v) is 5.57. The van der Waals surface area contributed by atoms with Gasteiger partial charge in [0.25, 0.3) is 0 Å². The Hall–Kier alpha value is -0.240. The van der Waals surface area contributed by atoms with Crippen LogP contribution in [0.5, 0.6) is 0 Å². The molecule has 0 aromatic heterocycles. The van der Waals surface area contributed by atoms with Crippen molar-refractivity contribution in [1.82, 2.24) is 0 Å². The molecule has 5 atom stereocenters. The topological polar surface area (TPSA) is 55.4 Å². The van der Waals surface area contributed by atoms with E-state index in [1.54, 1.807) is 0 Å². The Morgan fingerprint density at radius 3 is 2.18 bits per heavy atom. The third-order valence-electron chi connectivity index (χ3n) is 6.98. The maximum atomic E-state index is 6.52. The Morgan fingerprint density at radius 1 is 0.821 bits per heavy atom. The molecule has 3 saturated heterocycles. The van der Waals surface area contributed by atoms with E-state index in [9.17, 15) is 0 Å². The van der Waals surface area contributed by atoms with Gasteiger partial charge >= 0.3 is 0 Å². The second-order valence-electron chi connectivity index (χ2n) is 9.77. The molecule has 0 aromatic carbocycles. The largest absolute Gasteiger partial charge is 0.372 e. The van der Waals surface area contributed by atoms with Crippen molar-refractivity contribution in [1.29, 1.82) is 0 Å². The van der Waals surface area contributed by atoms with E-state index in [4.69, 9.17) is 28.4 Å². The minimum Gasteiger partial charge on any atom is -0.372 e. The van der Waals surface area contributed by atoms with Crippen LogP contribution in [0.25, 0.3) is 0 Å². The highest BCUT2D eigenvalue weighted by Crippen LogP contribution is 2.48. The van der Waals surface area contributed by atoms with Gasteiger partial charge in [-0.1, -0.05) is 26.7 Å². The Bertz CT molecular complexity index is 539. The molecule has 6 heteroatoms. The average molecular weight is 397 g/mol. The fourth-order valence-electron chi connectivity index (χ4n) is 5.57. The van der Waals surface area contributed by atoms with Crippen molar-refractivity contribution >= 4 is 0 Å². The molecular weight excluding hydrogens is 360 g/mol. The molecule has 5 fully saturated rings. The van der Waals surface area contributed by atoms with Crippen LogP contribution >= 0.6 is 0 Å². The fraction of sp³-hybridized carbons (Fsp3) is 1.00. The van der Waals surface area contributed by atoms with Gasteiger partial charge in [0.05, 0.1) is 6.61 Å². The van der Waals surface area contributed by atoms with E-state index in [0.29, 0.717) is 19.1 Å². The van der Waals surface area contributed by atoms with Crippen LogP contribution in [0.2, 0.25) is 0 Å². The zero-order chi connectivity index (χ0) is 19.2. The van der Waals surface area contributed by atoms with E-state index >= 15 is 0 Å². The van der Waals surface area contributed by atoms with Crippen molar-refractivity contribution in [3.63, 3.8) is 0 Å². The lowest BCUT2D eigenvalue weighted by molar-refractivity contribution is -0.262. The van der Waals surface area contributed by atoms with E-state index in [0.717, 1.165) is 38.5 Å². The lowest BCUT2D eigenvalue weighted by Crippen LogP contribution is -2.46. The molecule has 3 aliphatic heterocycles. The molecule has 0 amide bonds. The molecule has 160 valence electrons. The summed E-state index contributed by atoms with van der Waals surface area (Å²) >= 11 is 0. The average Bonchev–Trinajstić information content (AvgIpc) is 3.33. The van der Waals surface area contributed by atoms with Crippen molar-refractivity contribution in [3.8, 4) is 0 Å². The second-order valence-corrected chi connectivity index (χ2v) is 9.77. The Kier molecular flexibility index (Phi) is 5.48. The lowest BCUT2D eigenvalue weighted by atomic mass is 9.94. The standard InChI is InChI=1S/C22H36O6/c1-15(2)13-23-18-17(16-14-24-21(26-16)9-5-3-6-10-21)25-20-19(18)27-22(28-20)11-7-4-8-12-22/h15-20H,3-14H2,1-2H3/t16-,17-,18+,19-,20-/m1/s1. The summed E-state index contributed by atoms with van der Waals surface area (Å²) in [6.07, 6.45) is 10.1. The van der Waals surface area contributed by atoms with E-state index in [1.807, 2.05) is 0 Å². The first-order valence-electron chi connectivity index (χ1n) is 11.5. The van der Waals surface area contributed by atoms with Gasteiger partial charge in [0, 0.05) is 32.3 Å². The first-order valence-corrected chi connectivity index (χ1v) is 11.5. The minimum absolute atomic E-state index is 0.115. The third kappa shape index (κ3) is 3.65. The summed E-state index contributed by atoms with van der Waals surface area (Å²) < 4.78 is 38.3. The summed E-state index contributed by atoms with van der Waals surface area (Å²) in [5.74, 6) is -0.412. The summed E-state index contributed by atoms with van der Waals surface area (Å²) in [6, 6.07) is 0. The summed E-state index contributed by atoms with van der Waals surface area (Å²) in [4.78, 5) is 0. The number of rotatable bonds is 4. The highest BCUT2D eigenvalue weighted by atomic mass is 16.9. The predicted molar refractivity (Wildman–Crippen MR) is 102 cm³/mol. The van der Waals surface area contributed by atoms with Crippen LogP contribution in [0.4, 0.5) is 0 Å². The quantitative estimate of drug-likeness (QED) is 0.718. The smallest absolute Gasteiger partial charge is 0.190 e. The molecule has 2 spiro atoms.